The standard InChI is InChI=1S/C61H82O3S2/c1-45-37-39-55(40-38-45)66(62,63)64-65(54-35-21-8-22-36-54,60-56(48-27-13-4-14-28-48)41-52(46-23-9-2-10-24-46)42-57(60)49-29-15-5-16-30-49)61-58(50-31-17-6-18-32-50)43-53(47-25-11-3-12-26-47)44-59(61)51-33-19-7-20-34-51/h8,21-22,35-44,46-51H,2-7,9-20,23-34H2,1H3. The summed E-state index contributed by atoms with van der Waals surface area (Å²) in [7, 11) is -7.24. The van der Waals surface area contributed by atoms with Crippen LogP contribution < -0.4 is 0 Å². The van der Waals surface area contributed by atoms with Crippen molar-refractivity contribution in [3.8, 4) is 0 Å². The monoisotopic (exact) mass is 927 g/mol. The highest BCUT2D eigenvalue weighted by atomic mass is 32.3. The second-order valence-corrected chi connectivity index (χ2v) is 26.6. The first-order chi connectivity index (χ1) is 32.4. The van der Waals surface area contributed by atoms with E-state index in [2.05, 4.69) is 61.5 Å². The van der Waals surface area contributed by atoms with Crippen molar-refractivity contribution in [3.63, 3.8) is 0 Å². The largest absolute Gasteiger partial charge is 0.307 e. The molecule has 0 radical (unpaired) electrons. The second kappa shape index (κ2) is 21.4. The van der Waals surface area contributed by atoms with Gasteiger partial charge in [-0.3, -0.25) is 0 Å². The van der Waals surface area contributed by atoms with Gasteiger partial charge in [0.25, 0.3) is 0 Å². The first-order valence-corrected chi connectivity index (χ1v) is 30.6. The molecular formula is C61H82O3S2. The molecule has 6 fully saturated rings. The van der Waals surface area contributed by atoms with E-state index in [1.54, 1.807) is 11.1 Å². The van der Waals surface area contributed by atoms with Crippen molar-refractivity contribution in [2.45, 2.75) is 255 Å². The molecule has 0 atom stereocenters. The van der Waals surface area contributed by atoms with Crippen LogP contribution in [0.3, 0.4) is 0 Å². The Morgan fingerprint density at radius 2 is 0.667 bits per heavy atom. The van der Waals surface area contributed by atoms with Crippen molar-refractivity contribution in [1.82, 2.24) is 0 Å². The number of benzene rings is 4. The molecule has 0 N–H and O–H groups in total. The summed E-state index contributed by atoms with van der Waals surface area (Å²) in [6.07, 6.45) is 37.4. The first kappa shape index (κ1) is 46.8. The van der Waals surface area contributed by atoms with Gasteiger partial charge in [-0.25, -0.2) is 3.63 Å². The minimum atomic E-state index is -4.29. The number of aryl methyl sites for hydroxylation is 1. The Morgan fingerprint density at radius 1 is 0.364 bits per heavy atom. The van der Waals surface area contributed by atoms with E-state index in [0.29, 0.717) is 35.5 Å². The third kappa shape index (κ3) is 9.94. The zero-order chi connectivity index (χ0) is 44.9. The molecule has 66 heavy (non-hydrogen) atoms. The smallest absolute Gasteiger partial charge is 0.203 e. The normalized spacial score (nSPS) is 22.4. The van der Waals surface area contributed by atoms with Gasteiger partial charge in [0.05, 0.1) is 4.90 Å². The van der Waals surface area contributed by atoms with Crippen LogP contribution in [0.4, 0.5) is 0 Å². The fourth-order valence-electron chi connectivity index (χ4n) is 14.2. The van der Waals surface area contributed by atoms with E-state index in [-0.39, 0.29) is 4.90 Å². The highest BCUT2D eigenvalue weighted by Crippen LogP contribution is 2.76. The summed E-state index contributed by atoms with van der Waals surface area (Å²) in [5, 5.41) is 0. The van der Waals surface area contributed by atoms with Crippen molar-refractivity contribution in [1.29, 1.82) is 0 Å². The summed E-state index contributed by atoms with van der Waals surface area (Å²) in [5.41, 5.74) is 10.0. The van der Waals surface area contributed by atoms with E-state index in [9.17, 15) is 0 Å². The van der Waals surface area contributed by atoms with E-state index in [1.165, 1.54) is 225 Å². The lowest BCUT2D eigenvalue weighted by Gasteiger charge is -2.48. The number of hydrogen-bond acceptors (Lipinski definition) is 3. The third-order valence-electron chi connectivity index (χ3n) is 17.8. The molecule has 0 aromatic heterocycles. The lowest BCUT2D eigenvalue weighted by molar-refractivity contribution is 0.415. The fraction of sp³-hybridized carbons (Fsp3) is 0.607. The predicted molar refractivity (Wildman–Crippen MR) is 276 cm³/mol. The molecule has 0 bridgehead atoms. The summed E-state index contributed by atoms with van der Waals surface area (Å²) in [5.74, 6) is 2.69. The first-order valence-electron chi connectivity index (χ1n) is 27.7. The van der Waals surface area contributed by atoms with Crippen LogP contribution in [-0.2, 0) is 13.7 Å². The van der Waals surface area contributed by atoms with Crippen LogP contribution in [0.2, 0.25) is 0 Å². The number of rotatable bonds is 12. The van der Waals surface area contributed by atoms with Gasteiger partial charge in [-0.05, 0) is 187 Å². The maximum Gasteiger partial charge on any atom is 0.307 e. The van der Waals surface area contributed by atoms with Crippen molar-refractivity contribution in [2.24, 2.45) is 0 Å². The average Bonchev–Trinajstić information content (AvgIpc) is 3.39. The van der Waals surface area contributed by atoms with Gasteiger partial charge in [0.15, 0.2) is 0 Å². The Hall–Kier alpha value is -2.86. The maximum atomic E-state index is 16.1. The van der Waals surface area contributed by atoms with E-state index in [0.717, 1.165) is 10.5 Å². The van der Waals surface area contributed by atoms with Gasteiger partial charge in [0, 0.05) is 14.7 Å². The summed E-state index contributed by atoms with van der Waals surface area (Å²) < 4.78 is 40.1. The summed E-state index contributed by atoms with van der Waals surface area (Å²) in [6.45, 7) is 2.05. The summed E-state index contributed by atoms with van der Waals surface area (Å²) >= 11 is 0. The molecule has 0 heterocycles. The topological polar surface area (TPSA) is 43.4 Å². The molecule has 6 aliphatic carbocycles. The van der Waals surface area contributed by atoms with Gasteiger partial charge >= 0.3 is 10.1 Å². The average molecular weight is 927 g/mol. The Bertz CT molecular complexity index is 2130. The molecule has 6 aliphatic rings. The lowest BCUT2D eigenvalue weighted by Crippen LogP contribution is -2.25. The molecule has 0 amide bonds. The summed E-state index contributed by atoms with van der Waals surface area (Å²) in [6, 6.07) is 29.6. The lowest BCUT2D eigenvalue weighted by atomic mass is 9.76. The highest BCUT2D eigenvalue weighted by molar-refractivity contribution is 8.33. The van der Waals surface area contributed by atoms with E-state index >= 15 is 8.42 Å². The van der Waals surface area contributed by atoms with Crippen molar-refractivity contribution < 1.29 is 12.0 Å². The van der Waals surface area contributed by atoms with Gasteiger partial charge in [0.1, 0.15) is 0 Å². The SMILES string of the molecule is Cc1ccc(S(=O)(=O)OS(c2ccccc2)(c2c(C3CCCCC3)cc(C3CCCCC3)cc2C2CCCCC2)c2c(C3CCCCC3)cc(C3CCCCC3)cc2C2CCCCC2)cc1. The third-order valence-corrected chi connectivity index (χ3v) is 23.2. The minimum absolute atomic E-state index is 0.287. The number of hydrogen-bond donors (Lipinski definition) is 0. The molecule has 3 nitrogen and oxygen atoms in total. The Morgan fingerprint density at radius 3 is 0.985 bits per heavy atom. The van der Waals surface area contributed by atoms with Crippen LogP contribution in [0.25, 0.3) is 0 Å². The van der Waals surface area contributed by atoms with Gasteiger partial charge in [-0.1, -0.05) is 176 Å². The molecule has 6 saturated carbocycles. The minimum Gasteiger partial charge on any atom is -0.203 e. The van der Waals surface area contributed by atoms with Gasteiger partial charge in [0.2, 0.25) is 0 Å². The molecular weight excluding hydrogens is 845 g/mol. The van der Waals surface area contributed by atoms with Crippen LogP contribution >= 0.6 is 10.3 Å². The Kier molecular flexibility index (Phi) is 15.2. The fourth-order valence-corrected chi connectivity index (χ4v) is 20.4. The molecule has 0 spiro atoms. The van der Waals surface area contributed by atoms with E-state index in [1.807, 2.05) is 24.3 Å². The molecule has 4 aromatic carbocycles. The molecule has 10 rings (SSSR count). The predicted octanol–water partition coefficient (Wildman–Crippen LogP) is 18.9. The van der Waals surface area contributed by atoms with E-state index in [4.69, 9.17) is 3.63 Å². The van der Waals surface area contributed by atoms with Crippen LogP contribution in [0.5, 0.6) is 0 Å². The second-order valence-electron chi connectivity index (χ2n) is 22.3. The molecule has 0 saturated heterocycles. The molecule has 4 aromatic rings. The van der Waals surface area contributed by atoms with Crippen molar-refractivity contribution in [2.75, 3.05) is 0 Å². The molecule has 0 aliphatic heterocycles. The zero-order valence-electron chi connectivity index (χ0n) is 40.7. The Labute approximate surface area is 402 Å². The molecule has 5 heteroatoms. The van der Waals surface area contributed by atoms with Gasteiger partial charge < -0.3 is 0 Å². The van der Waals surface area contributed by atoms with E-state index < -0.39 is 20.4 Å². The van der Waals surface area contributed by atoms with Gasteiger partial charge in [-0.2, -0.15) is 8.42 Å². The van der Waals surface area contributed by atoms with Crippen LogP contribution in [-0.4, -0.2) is 8.42 Å². The van der Waals surface area contributed by atoms with Crippen molar-refractivity contribution in [3.05, 3.63) is 118 Å². The van der Waals surface area contributed by atoms with Crippen molar-refractivity contribution >= 4 is 20.4 Å². The van der Waals surface area contributed by atoms with Crippen LogP contribution in [0.15, 0.2) is 98.4 Å². The highest BCUT2D eigenvalue weighted by Gasteiger charge is 2.48. The maximum absolute atomic E-state index is 16.1. The quantitative estimate of drug-likeness (QED) is 0.142. The van der Waals surface area contributed by atoms with Gasteiger partial charge in [-0.15, -0.1) is 0 Å². The zero-order valence-corrected chi connectivity index (χ0v) is 42.4. The molecule has 356 valence electrons. The molecule has 0 unspecified atom stereocenters. The Balaban J connectivity index is 1.38. The van der Waals surface area contributed by atoms with Crippen LogP contribution in [0, 0.1) is 6.92 Å². The van der Waals surface area contributed by atoms with Crippen LogP contribution in [0.1, 0.15) is 267 Å². The summed E-state index contributed by atoms with van der Waals surface area (Å²) in [4.78, 5) is 4.01.